The predicted molar refractivity (Wildman–Crippen MR) is 81.5 cm³/mol. The molecule has 0 aromatic heterocycles. The Balaban J connectivity index is 1.56. The van der Waals surface area contributed by atoms with Gasteiger partial charge in [0, 0.05) is 38.3 Å². The first-order chi connectivity index (χ1) is 9.74. The quantitative estimate of drug-likeness (QED) is 0.914. The van der Waals surface area contributed by atoms with Gasteiger partial charge in [0.05, 0.1) is 6.10 Å². The zero-order valence-corrected chi connectivity index (χ0v) is 12.4. The Labute approximate surface area is 122 Å². The molecule has 3 nitrogen and oxygen atoms in total. The molecular formula is C17H26N2O. The third kappa shape index (κ3) is 3.05. The molecular weight excluding hydrogens is 248 g/mol. The Morgan fingerprint density at radius 2 is 1.95 bits per heavy atom. The summed E-state index contributed by atoms with van der Waals surface area (Å²) in [5, 5.41) is 10.1. The van der Waals surface area contributed by atoms with Crippen LogP contribution < -0.4 is 0 Å². The number of piperazine rings is 1. The summed E-state index contributed by atoms with van der Waals surface area (Å²) in [5.41, 5.74) is 1.40. The third-order valence-electron chi connectivity index (χ3n) is 4.88. The van der Waals surface area contributed by atoms with Crippen molar-refractivity contribution in [1.82, 2.24) is 9.80 Å². The van der Waals surface area contributed by atoms with Crippen molar-refractivity contribution in [3.05, 3.63) is 35.9 Å². The monoisotopic (exact) mass is 274 g/mol. The average Bonchev–Trinajstić information content (AvgIpc) is 2.86. The highest BCUT2D eigenvalue weighted by molar-refractivity contribution is 5.14. The first-order valence-corrected chi connectivity index (χ1v) is 7.94. The van der Waals surface area contributed by atoms with Crippen LogP contribution in [0.4, 0.5) is 0 Å². The van der Waals surface area contributed by atoms with E-state index in [1.165, 1.54) is 18.4 Å². The molecule has 1 aromatic rings. The summed E-state index contributed by atoms with van der Waals surface area (Å²) in [6.45, 7) is 6.67. The van der Waals surface area contributed by atoms with Gasteiger partial charge in [-0.1, -0.05) is 30.3 Å². The minimum Gasteiger partial charge on any atom is -0.391 e. The van der Waals surface area contributed by atoms with E-state index in [1.54, 1.807) is 0 Å². The van der Waals surface area contributed by atoms with Gasteiger partial charge in [-0.3, -0.25) is 9.80 Å². The second-order valence-electron chi connectivity index (χ2n) is 6.37. The molecule has 3 atom stereocenters. The van der Waals surface area contributed by atoms with Crippen molar-refractivity contribution in [2.45, 2.75) is 50.9 Å². The smallest absolute Gasteiger partial charge is 0.0695 e. The Bertz CT molecular complexity index is 422. The van der Waals surface area contributed by atoms with Gasteiger partial charge in [-0.15, -0.1) is 0 Å². The molecule has 1 N–H and O–H groups in total. The van der Waals surface area contributed by atoms with E-state index >= 15 is 0 Å². The highest BCUT2D eigenvalue weighted by Gasteiger charge is 2.35. The fourth-order valence-electron chi connectivity index (χ4n) is 3.83. The summed E-state index contributed by atoms with van der Waals surface area (Å²) in [5.74, 6) is 0. The maximum absolute atomic E-state index is 10.1. The lowest BCUT2D eigenvalue weighted by molar-refractivity contribution is 0.00151. The second kappa shape index (κ2) is 6.25. The maximum atomic E-state index is 10.1. The summed E-state index contributed by atoms with van der Waals surface area (Å²) in [7, 11) is 0. The van der Waals surface area contributed by atoms with Crippen LogP contribution in [0.2, 0.25) is 0 Å². The number of hydrogen-bond donors (Lipinski definition) is 1. The largest absolute Gasteiger partial charge is 0.391 e. The van der Waals surface area contributed by atoms with Crippen LogP contribution in [0.5, 0.6) is 0 Å². The number of nitrogens with zero attached hydrogens (tertiary/aromatic N) is 2. The highest BCUT2D eigenvalue weighted by atomic mass is 16.3. The zero-order chi connectivity index (χ0) is 13.9. The molecule has 0 spiro atoms. The first-order valence-electron chi connectivity index (χ1n) is 7.94. The molecule has 2 aliphatic rings. The van der Waals surface area contributed by atoms with Gasteiger partial charge in [-0.05, 0) is 31.7 Å². The van der Waals surface area contributed by atoms with Gasteiger partial charge in [-0.25, -0.2) is 0 Å². The highest BCUT2D eigenvalue weighted by Crippen LogP contribution is 2.27. The number of aliphatic hydroxyl groups excluding tert-OH is 1. The maximum Gasteiger partial charge on any atom is 0.0695 e. The predicted octanol–water partition coefficient (Wildman–Crippen LogP) is 2.11. The number of rotatable bonds is 3. The van der Waals surface area contributed by atoms with Gasteiger partial charge in [0.1, 0.15) is 0 Å². The Morgan fingerprint density at radius 3 is 2.60 bits per heavy atom. The lowest BCUT2D eigenvalue weighted by Gasteiger charge is -2.44. The van der Waals surface area contributed by atoms with Crippen LogP contribution in [-0.2, 0) is 6.54 Å². The van der Waals surface area contributed by atoms with E-state index in [9.17, 15) is 5.11 Å². The summed E-state index contributed by atoms with van der Waals surface area (Å²) < 4.78 is 0. The van der Waals surface area contributed by atoms with Crippen molar-refractivity contribution in [3.63, 3.8) is 0 Å². The van der Waals surface area contributed by atoms with Gasteiger partial charge >= 0.3 is 0 Å². The van der Waals surface area contributed by atoms with E-state index in [1.807, 2.05) is 0 Å². The third-order valence-corrected chi connectivity index (χ3v) is 4.88. The standard InChI is InChI=1S/C17H26N2O/c1-14-12-18(13-15-6-3-2-4-7-15)10-11-19(14)16-8-5-9-17(16)20/h2-4,6-7,14,16-17,20H,5,8-13H2,1H3/t14?,16-,17-/m1/s1. The molecule has 0 radical (unpaired) electrons. The number of hydrogen-bond acceptors (Lipinski definition) is 3. The van der Waals surface area contributed by atoms with E-state index in [4.69, 9.17) is 0 Å². The molecule has 1 aliphatic carbocycles. The van der Waals surface area contributed by atoms with Crippen LogP contribution in [0.3, 0.4) is 0 Å². The molecule has 2 fully saturated rings. The fourth-order valence-corrected chi connectivity index (χ4v) is 3.83. The van der Waals surface area contributed by atoms with E-state index in [0.717, 1.165) is 32.6 Å². The van der Waals surface area contributed by atoms with Crippen molar-refractivity contribution < 1.29 is 5.11 Å². The van der Waals surface area contributed by atoms with Gasteiger partial charge in [0.2, 0.25) is 0 Å². The van der Waals surface area contributed by atoms with Gasteiger partial charge in [-0.2, -0.15) is 0 Å². The summed E-state index contributed by atoms with van der Waals surface area (Å²) in [6.07, 6.45) is 3.24. The van der Waals surface area contributed by atoms with Crippen LogP contribution in [0, 0.1) is 0 Å². The molecule has 1 unspecified atom stereocenters. The fraction of sp³-hybridized carbons (Fsp3) is 0.647. The molecule has 1 aliphatic heterocycles. The van der Waals surface area contributed by atoms with Crippen molar-refractivity contribution in [3.8, 4) is 0 Å². The molecule has 110 valence electrons. The van der Waals surface area contributed by atoms with Crippen molar-refractivity contribution in [2.75, 3.05) is 19.6 Å². The van der Waals surface area contributed by atoms with Gasteiger partial charge in [0.25, 0.3) is 0 Å². The second-order valence-corrected chi connectivity index (χ2v) is 6.37. The lowest BCUT2D eigenvalue weighted by Crippen LogP contribution is -2.56. The summed E-state index contributed by atoms with van der Waals surface area (Å²) in [4.78, 5) is 5.08. The summed E-state index contributed by atoms with van der Waals surface area (Å²) >= 11 is 0. The van der Waals surface area contributed by atoms with Crippen LogP contribution in [0.25, 0.3) is 0 Å². The van der Waals surface area contributed by atoms with Crippen LogP contribution in [0.1, 0.15) is 31.7 Å². The zero-order valence-electron chi connectivity index (χ0n) is 12.4. The Hall–Kier alpha value is -0.900. The van der Waals surface area contributed by atoms with Crippen molar-refractivity contribution in [1.29, 1.82) is 0 Å². The number of aliphatic hydroxyl groups is 1. The van der Waals surface area contributed by atoms with Crippen LogP contribution in [-0.4, -0.2) is 52.7 Å². The van der Waals surface area contributed by atoms with Crippen LogP contribution >= 0.6 is 0 Å². The van der Waals surface area contributed by atoms with E-state index in [0.29, 0.717) is 12.1 Å². The minimum atomic E-state index is -0.0990. The molecule has 3 heteroatoms. The number of benzene rings is 1. The van der Waals surface area contributed by atoms with Crippen molar-refractivity contribution in [2.24, 2.45) is 0 Å². The first kappa shape index (κ1) is 14.1. The molecule has 1 aromatic carbocycles. The lowest BCUT2D eigenvalue weighted by atomic mass is 10.1. The Kier molecular flexibility index (Phi) is 4.39. The molecule has 1 saturated heterocycles. The molecule has 0 bridgehead atoms. The van der Waals surface area contributed by atoms with Gasteiger partial charge in [0.15, 0.2) is 0 Å². The van der Waals surface area contributed by atoms with E-state index < -0.39 is 0 Å². The van der Waals surface area contributed by atoms with E-state index in [-0.39, 0.29) is 6.10 Å². The molecule has 20 heavy (non-hydrogen) atoms. The van der Waals surface area contributed by atoms with Gasteiger partial charge < -0.3 is 5.11 Å². The van der Waals surface area contributed by atoms with E-state index in [2.05, 4.69) is 47.1 Å². The SMILES string of the molecule is CC1CN(Cc2ccccc2)CCN1[C@@H]1CCC[C@H]1O. The average molecular weight is 274 g/mol. The molecule has 0 amide bonds. The summed E-state index contributed by atoms with van der Waals surface area (Å²) in [6, 6.07) is 11.7. The minimum absolute atomic E-state index is 0.0990. The normalized spacial score (nSPS) is 32.6. The topological polar surface area (TPSA) is 26.7 Å². The van der Waals surface area contributed by atoms with Crippen molar-refractivity contribution >= 4 is 0 Å². The molecule has 1 saturated carbocycles. The van der Waals surface area contributed by atoms with Crippen LogP contribution in [0.15, 0.2) is 30.3 Å². The molecule has 3 rings (SSSR count). The Morgan fingerprint density at radius 1 is 1.15 bits per heavy atom. The molecule has 1 heterocycles.